The minimum atomic E-state index is -4.90. The molecular formula is C15H19F3N2O4S. The Kier molecular flexibility index (Phi) is 5.45. The fourth-order valence-electron chi connectivity index (χ4n) is 2.96. The summed E-state index contributed by atoms with van der Waals surface area (Å²) in [5.74, 6) is -1.23. The maximum atomic E-state index is 13.3. The number of hydrogen-bond donors (Lipinski definition) is 1. The summed E-state index contributed by atoms with van der Waals surface area (Å²) < 4.78 is 70.7. The summed E-state index contributed by atoms with van der Waals surface area (Å²) in [5, 5.41) is 0. The highest BCUT2D eigenvalue weighted by Crippen LogP contribution is 2.36. The van der Waals surface area contributed by atoms with E-state index < -0.39 is 38.2 Å². The number of hydrogen-bond acceptors (Lipinski definition) is 5. The Morgan fingerprint density at radius 2 is 2.04 bits per heavy atom. The molecule has 10 heteroatoms. The first-order valence-corrected chi connectivity index (χ1v) is 8.97. The molecule has 140 valence electrons. The van der Waals surface area contributed by atoms with Crippen LogP contribution in [0.4, 0.5) is 13.2 Å². The Bertz CT molecular complexity index is 765. The molecule has 0 aromatic heterocycles. The Labute approximate surface area is 143 Å². The summed E-state index contributed by atoms with van der Waals surface area (Å²) in [6, 6.07) is 1.92. The quantitative estimate of drug-likeness (QED) is 0.806. The summed E-state index contributed by atoms with van der Waals surface area (Å²) >= 11 is 0. The predicted molar refractivity (Wildman–Crippen MR) is 83.3 cm³/mol. The van der Waals surface area contributed by atoms with Crippen molar-refractivity contribution in [2.24, 2.45) is 11.7 Å². The molecule has 25 heavy (non-hydrogen) atoms. The van der Waals surface area contributed by atoms with Crippen molar-refractivity contribution >= 4 is 16.0 Å². The van der Waals surface area contributed by atoms with Gasteiger partial charge in [0.2, 0.25) is 10.0 Å². The standard InChI is InChI=1S/C15H19F3N2O4S/c1-9-5-10(7-19)8-20(9)25(22,23)11-3-4-12(14(21)24-2)13(6-11)15(16,17)18/h3-4,6,9-10H,5,7-8,19H2,1-2H3. The molecule has 0 radical (unpaired) electrons. The van der Waals surface area contributed by atoms with Crippen LogP contribution in [0.3, 0.4) is 0 Å². The van der Waals surface area contributed by atoms with Crippen LogP contribution < -0.4 is 5.73 Å². The number of rotatable bonds is 4. The zero-order valence-electron chi connectivity index (χ0n) is 13.7. The van der Waals surface area contributed by atoms with Gasteiger partial charge in [-0.3, -0.25) is 0 Å². The zero-order valence-corrected chi connectivity index (χ0v) is 14.5. The van der Waals surface area contributed by atoms with Gasteiger partial charge in [-0.2, -0.15) is 17.5 Å². The van der Waals surface area contributed by atoms with Crippen molar-refractivity contribution in [1.82, 2.24) is 4.31 Å². The molecule has 1 heterocycles. The molecule has 0 amide bonds. The van der Waals surface area contributed by atoms with Gasteiger partial charge in [-0.15, -0.1) is 0 Å². The van der Waals surface area contributed by atoms with Gasteiger partial charge in [0.25, 0.3) is 0 Å². The lowest BCUT2D eigenvalue weighted by molar-refractivity contribution is -0.138. The van der Waals surface area contributed by atoms with Crippen LogP contribution in [-0.4, -0.2) is 44.9 Å². The van der Waals surface area contributed by atoms with E-state index in [-0.39, 0.29) is 18.5 Å². The third-order valence-electron chi connectivity index (χ3n) is 4.25. The molecule has 2 unspecified atom stereocenters. The lowest BCUT2D eigenvalue weighted by Gasteiger charge is -2.22. The van der Waals surface area contributed by atoms with E-state index in [2.05, 4.69) is 4.74 Å². The molecule has 0 spiro atoms. The summed E-state index contributed by atoms with van der Waals surface area (Å²) in [5.41, 5.74) is 3.49. The molecule has 0 bridgehead atoms. The van der Waals surface area contributed by atoms with Gasteiger partial charge >= 0.3 is 12.1 Å². The topological polar surface area (TPSA) is 89.7 Å². The number of carbonyl (C=O) groups is 1. The van der Waals surface area contributed by atoms with Gasteiger partial charge in [-0.25, -0.2) is 13.2 Å². The molecular weight excluding hydrogens is 361 g/mol. The molecule has 1 aromatic carbocycles. The van der Waals surface area contributed by atoms with Gasteiger partial charge < -0.3 is 10.5 Å². The second-order valence-corrected chi connectivity index (χ2v) is 7.85. The van der Waals surface area contributed by atoms with Crippen LogP contribution in [0.15, 0.2) is 23.1 Å². The number of benzene rings is 1. The second kappa shape index (κ2) is 6.93. The average Bonchev–Trinajstić information content (AvgIpc) is 2.94. The highest BCUT2D eigenvalue weighted by atomic mass is 32.2. The summed E-state index contributed by atoms with van der Waals surface area (Å²) in [4.78, 5) is 11.0. The van der Waals surface area contributed by atoms with Gasteiger partial charge in [-0.1, -0.05) is 0 Å². The highest BCUT2D eigenvalue weighted by Gasteiger charge is 2.40. The number of nitrogens with two attached hydrogens (primary N) is 1. The van der Waals surface area contributed by atoms with Gasteiger partial charge in [0.1, 0.15) is 0 Å². The number of esters is 1. The van der Waals surface area contributed by atoms with Crippen LogP contribution >= 0.6 is 0 Å². The number of methoxy groups -OCH3 is 1. The maximum Gasteiger partial charge on any atom is 0.417 e. The molecule has 1 fully saturated rings. The van der Waals surface area contributed by atoms with E-state index in [1.54, 1.807) is 6.92 Å². The lowest BCUT2D eigenvalue weighted by Crippen LogP contribution is -2.34. The predicted octanol–water partition coefficient (Wildman–Crippen LogP) is 1.85. The van der Waals surface area contributed by atoms with Crippen LogP contribution in [0, 0.1) is 5.92 Å². The molecule has 1 saturated heterocycles. The number of alkyl halides is 3. The molecule has 2 N–H and O–H groups in total. The molecule has 1 aliphatic heterocycles. The Hall–Kier alpha value is -1.65. The second-order valence-electron chi connectivity index (χ2n) is 5.96. The zero-order chi connectivity index (χ0) is 19.0. The van der Waals surface area contributed by atoms with E-state index in [9.17, 15) is 26.4 Å². The van der Waals surface area contributed by atoms with E-state index in [0.717, 1.165) is 23.5 Å². The normalized spacial score (nSPS) is 22.2. The molecule has 0 saturated carbocycles. The van der Waals surface area contributed by atoms with E-state index in [4.69, 9.17) is 5.73 Å². The molecule has 6 nitrogen and oxygen atoms in total. The fourth-order valence-corrected chi connectivity index (χ4v) is 4.70. The first-order valence-electron chi connectivity index (χ1n) is 7.53. The van der Waals surface area contributed by atoms with Crippen LogP contribution in [0.25, 0.3) is 0 Å². The summed E-state index contributed by atoms with van der Waals surface area (Å²) in [6.45, 7) is 2.13. The fraction of sp³-hybridized carbons (Fsp3) is 0.533. The molecule has 1 aliphatic rings. The van der Waals surface area contributed by atoms with Crippen molar-refractivity contribution in [3.8, 4) is 0 Å². The monoisotopic (exact) mass is 380 g/mol. The Balaban J connectivity index is 2.51. The first-order chi connectivity index (χ1) is 11.5. The molecule has 0 aliphatic carbocycles. The minimum Gasteiger partial charge on any atom is -0.465 e. The van der Waals surface area contributed by atoms with Crippen molar-refractivity contribution in [3.63, 3.8) is 0 Å². The van der Waals surface area contributed by atoms with Crippen molar-refractivity contribution in [1.29, 1.82) is 0 Å². The van der Waals surface area contributed by atoms with E-state index in [0.29, 0.717) is 19.0 Å². The number of halogens is 3. The van der Waals surface area contributed by atoms with Crippen LogP contribution in [0.1, 0.15) is 29.3 Å². The molecule has 1 aromatic rings. The lowest BCUT2D eigenvalue weighted by atomic mass is 10.1. The largest absolute Gasteiger partial charge is 0.465 e. The van der Waals surface area contributed by atoms with Crippen molar-refractivity contribution in [2.45, 2.75) is 30.5 Å². The smallest absolute Gasteiger partial charge is 0.417 e. The van der Waals surface area contributed by atoms with Gasteiger partial charge in [0.05, 0.1) is 23.1 Å². The number of nitrogens with zero attached hydrogens (tertiary/aromatic N) is 1. The van der Waals surface area contributed by atoms with Crippen LogP contribution in [-0.2, 0) is 20.9 Å². The van der Waals surface area contributed by atoms with Gasteiger partial charge in [-0.05, 0) is 44.0 Å². The molecule has 2 rings (SSSR count). The van der Waals surface area contributed by atoms with Crippen LogP contribution in [0.2, 0.25) is 0 Å². The van der Waals surface area contributed by atoms with Crippen molar-refractivity contribution in [3.05, 3.63) is 29.3 Å². The number of sulfonamides is 1. The van der Waals surface area contributed by atoms with E-state index in [1.165, 1.54) is 0 Å². The van der Waals surface area contributed by atoms with Gasteiger partial charge in [0.15, 0.2) is 0 Å². The SMILES string of the molecule is COC(=O)c1ccc(S(=O)(=O)N2CC(CN)CC2C)cc1C(F)(F)F. The minimum absolute atomic E-state index is 0.0406. The highest BCUT2D eigenvalue weighted by molar-refractivity contribution is 7.89. The summed E-state index contributed by atoms with van der Waals surface area (Å²) in [7, 11) is -3.19. The van der Waals surface area contributed by atoms with Crippen LogP contribution in [0.5, 0.6) is 0 Å². The maximum absolute atomic E-state index is 13.3. The molecule has 2 atom stereocenters. The first kappa shape index (κ1) is 19.7. The van der Waals surface area contributed by atoms with E-state index in [1.807, 2.05) is 0 Å². The van der Waals surface area contributed by atoms with Gasteiger partial charge in [0, 0.05) is 12.6 Å². The van der Waals surface area contributed by atoms with Crippen molar-refractivity contribution in [2.75, 3.05) is 20.2 Å². The average molecular weight is 380 g/mol. The Morgan fingerprint density at radius 1 is 1.40 bits per heavy atom. The van der Waals surface area contributed by atoms with E-state index >= 15 is 0 Å². The summed E-state index contributed by atoms with van der Waals surface area (Å²) in [6.07, 6.45) is -4.35. The number of carbonyl (C=O) groups excluding carboxylic acids is 1. The Morgan fingerprint density at radius 3 is 2.52 bits per heavy atom. The number of ether oxygens (including phenoxy) is 1. The third kappa shape index (κ3) is 3.80. The third-order valence-corrected chi connectivity index (χ3v) is 6.22. The van der Waals surface area contributed by atoms with Crippen molar-refractivity contribution < 1.29 is 31.1 Å².